The van der Waals surface area contributed by atoms with Crippen LogP contribution in [-0.2, 0) is 21.4 Å². The van der Waals surface area contributed by atoms with Crippen LogP contribution in [0.25, 0.3) is 0 Å². The van der Waals surface area contributed by atoms with Crippen molar-refractivity contribution in [3.8, 4) is 11.5 Å². The van der Waals surface area contributed by atoms with Crippen molar-refractivity contribution >= 4 is 21.6 Å². The van der Waals surface area contributed by atoms with Gasteiger partial charge in [0, 0.05) is 13.6 Å². The second-order valence-electron chi connectivity index (χ2n) is 6.53. The molecule has 0 spiro atoms. The maximum absolute atomic E-state index is 12.5. The minimum absolute atomic E-state index is 0.210. The Morgan fingerprint density at radius 1 is 1.03 bits per heavy atom. The predicted octanol–water partition coefficient (Wildman–Crippen LogP) is 2.95. The van der Waals surface area contributed by atoms with Gasteiger partial charge in [-0.15, -0.1) is 0 Å². The van der Waals surface area contributed by atoms with Gasteiger partial charge in [0.2, 0.25) is 10.0 Å². The molecule has 1 atom stereocenters. The minimum atomic E-state index is -3.33. The monoisotopic (exact) mass is 420 g/mol. The summed E-state index contributed by atoms with van der Waals surface area (Å²) >= 11 is 0. The zero-order valence-corrected chi connectivity index (χ0v) is 18.0. The SMILES string of the molecule is CCOc1ccc(CNC(=O)C(CC)Oc2ccc(N(C)S(C)(=O)=O)cc2)cc1. The van der Waals surface area contributed by atoms with E-state index in [0.29, 0.717) is 31.0 Å². The second-order valence-corrected chi connectivity index (χ2v) is 8.55. The van der Waals surface area contributed by atoms with E-state index in [2.05, 4.69) is 5.32 Å². The van der Waals surface area contributed by atoms with Crippen molar-refractivity contribution in [1.29, 1.82) is 0 Å². The highest BCUT2D eigenvalue weighted by Gasteiger charge is 2.18. The zero-order chi connectivity index (χ0) is 21.4. The third-order valence-electron chi connectivity index (χ3n) is 4.34. The van der Waals surface area contributed by atoms with Gasteiger partial charge in [-0.25, -0.2) is 8.42 Å². The molecule has 29 heavy (non-hydrogen) atoms. The fourth-order valence-electron chi connectivity index (χ4n) is 2.59. The van der Waals surface area contributed by atoms with E-state index >= 15 is 0 Å². The van der Waals surface area contributed by atoms with Gasteiger partial charge >= 0.3 is 0 Å². The average molecular weight is 421 g/mol. The highest BCUT2D eigenvalue weighted by molar-refractivity contribution is 7.92. The molecule has 0 aliphatic rings. The highest BCUT2D eigenvalue weighted by atomic mass is 32.2. The molecule has 8 heteroatoms. The fraction of sp³-hybridized carbons (Fsp3) is 0.381. The van der Waals surface area contributed by atoms with Gasteiger partial charge in [0.15, 0.2) is 6.10 Å². The highest BCUT2D eigenvalue weighted by Crippen LogP contribution is 2.21. The molecule has 0 saturated heterocycles. The number of hydrogen-bond donors (Lipinski definition) is 1. The lowest BCUT2D eigenvalue weighted by Crippen LogP contribution is -2.37. The number of sulfonamides is 1. The first kappa shape index (κ1) is 22.5. The number of nitrogens with one attached hydrogen (secondary N) is 1. The maximum atomic E-state index is 12.5. The first-order valence-electron chi connectivity index (χ1n) is 9.44. The smallest absolute Gasteiger partial charge is 0.261 e. The van der Waals surface area contributed by atoms with Gasteiger partial charge in [-0.2, -0.15) is 0 Å². The quantitative estimate of drug-likeness (QED) is 0.639. The van der Waals surface area contributed by atoms with Gasteiger partial charge in [0.25, 0.3) is 5.91 Å². The van der Waals surface area contributed by atoms with Crippen molar-refractivity contribution in [2.75, 3.05) is 24.2 Å². The molecule has 0 bridgehead atoms. The molecule has 2 aromatic rings. The maximum Gasteiger partial charge on any atom is 0.261 e. The van der Waals surface area contributed by atoms with E-state index in [1.54, 1.807) is 24.3 Å². The number of ether oxygens (including phenoxy) is 2. The van der Waals surface area contributed by atoms with E-state index in [1.807, 2.05) is 38.1 Å². The summed E-state index contributed by atoms with van der Waals surface area (Å²) < 4.78 is 35.6. The van der Waals surface area contributed by atoms with Crippen LogP contribution in [0.15, 0.2) is 48.5 Å². The topological polar surface area (TPSA) is 84.9 Å². The average Bonchev–Trinajstić information content (AvgIpc) is 2.70. The molecule has 0 aromatic heterocycles. The van der Waals surface area contributed by atoms with Crippen LogP contribution in [0, 0.1) is 0 Å². The van der Waals surface area contributed by atoms with Crippen molar-refractivity contribution in [2.45, 2.75) is 32.9 Å². The van der Waals surface area contributed by atoms with Crippen LogP contribution in [0.3, 0.4) is 0 Å². The molecule has 0 aliphatic carbocycles. The number of amides is 1. The first-order valence-corrected chi connectivity index (χ1v) is 11.3. The Morgan fingerprint density at radius 2 is 1.62 bits per heavy atom. The summed E-state index contributed by atoms with van der Waals surface area (Å²) in [5.41, 5.74) is 1.48. The molecule has 0 aliphatic heterocycles. The van der Waals surface area contributed by atoms with E-state index in [9.17, 15) is 13.2 Å². The number of nitrogens with zero attached hydrogens (tertiary/aromatic N) is 1. The molecule has 1 amide bonds. The Hall–Kier alpha value is -2.74. The van der Waals surface area contributed by atoms with Crippen LogP contribution in [-0.4, -0.2) is 40.3 Å². The molecule has 2 aromatic carbocycles. The van der Waals surface area contributed by atoms with E-state index in [4.69, 9.17) is 9.47 Å². The Kier molecular flexibility index (Phi) is 7.90. The van der Waals surface area contributed by atoms with Gasteiger partial charge in [0.1, 0.15) is 11.5 Å². The molecule has 7 nitrogen and oxygen atoms in total. The van der Waals surface area contributed by atoms with Gasteiger partial charge < -0.3 is 14.8 Å². The Balaban J connectivity index is 1.94. The summed E-state index contributed by atoms with van der Waals surface area (Å²) in [4.78, 5) is 12.5. The molecular formula is C21H28N2O5S. The van der Waals surface area contributed by atoms with Crippen LogP contribution in [0.2, 0.25) is 0 Å². The number of carbonyl (C=O) groups excluding carboxylic acids is 1. The van der Waals surface area contributed by atoms with Crippen molar-refractivity contribution in [2.24, 2.45) is 0 Å². The lowest BCUT2D eigenvalue weighted by atomic mass is 10.2. The molecule has 1 N–H and O–H groups in total. The molecular weight excluding hydrogens is 392 g/mol. The van der Waals surface area contributed by atoms with E-state index in [1.165, 1.54) is 11.4 Å². The summed E-state index contributed by atoms with van der Waals surface area (Å²) in [6.07, 6.45) is 0.996. The molecule has 0 heterocycles. The third-order valence-corrected chi connectivity index (χ3v) is 5.55. The van der Waals surface area contributed by atoms with Crippen LogP contribution in [0.5, 0.6) is 11.5 Å². The van der Waals surface area contributed by atoms with Gasteiger partial charge in [-0.05, 0) is 55.3 Å². The third kappa shape index (κ3) is 6.67. The number of anilines is 1. The summed E-state index contributed by atoms with van der Waals surface area (Å²) in [6, 6.07) is 14.1. The number of rotatable bonds is 10. The lowest BCUT2D eigenvalue weighted by molar-refractivity contribution is -0.128. The zero-order valence-electron chi connectivity index (χ0n) is 17.2. The van der Waals surface area contributed by atoms with Crippen molar-refractivity contribution in [3.63, 3.8) is 0 Å². The van der Waals surface area contributed by atoms with Crippen LogP contribution in [0.4, 0.5) is 5.69 Å². The Labute approximate surface area is 172 Å². The Morgan fingerprint density at radius 3 is 2.14 bits per heavy atom. The summed E-state index contributed by atoms with van der Waals surface area (Å²) in [6.45, 7) is 4.80. The second kappa shape index (κ2) is 10.2. The van der Waals surface area contributed by atoms with E-state index in [0.717, 1.165) is 17.6 Å². The minimum Gasteiger partial charge on any atom is -0.494 e. The van der Waals surface area contributed by atoms with E-state index in [-0.39, 0.29) is 5.91 Å². The van der Waals surface area contributed by atoms with Crippen molar-refractivity contribution in [3.05, 3.63) is 54.1 Å². The van der Waals surface area contributed by atoms with Crippen LogP contribution >= 0.6 is 0 Å². The Bertz CT molecular complexity index is 896. The van der Waals surface area contributed by atoms with Crippen molar-refractivity contribution in [1.82, 2.24) is 5.32 Å². The number of carbonyl (C=O) groups is 1. The molecule has 2 rings (SSSR count). The van der Waals surface area contributed by atoms with Crippen LogP contribution in [0.1, 0.15) is 25.8 Å². The molecule has 0 saturated carbocycles. The van der Waals surface area contributed by atoms with Crippen LogP contribution < -0.4 is 19.1 Å². The molecule has 158 valence electrons. The van der Waals surface area contributed by atoms with Gasteiger partial charge in [-0.3, -0.25) is 9.10 Å². The normalized spacial score (nSPS) is 12.1. The van der Waals surface area contributed by atoms with Gasteiger partial charge in [-0.1, -0.05) is 19.1 Å². The van der Waals surface area contributed by atoms with Gasteiger partial charge in [0.05, 0.1) is 18.6 Å². The largest absolute Gasteiger partial charge is 0.494 e. The van der Waals surface area contributed by atoms with Crippen molar-refractivity contribution < 1.29 is 22.7 Å². The first-order chi connectivity index (χ1) is 13.7. The summed E-state index contributed by atoms with van der Waals surface area (Å²) in [5, 5.41) is 2.88. The predicted molar refractivity (Wildman–Crippen MR) is 114 cm³/mol. The summed E-state index contributed by atoms with van der Waals surface area (Å²) in [7, 11) is -1.85. The molecule has 0 fully saturated rings. The lowest BCUT2D eigenvalue weighted by Gasteiger charge is -2.19. The molecule has 0 radical (unpaired) electrons. The fourth-order valence-corrected chi connectivity index (χ4v) is 3.09. The van der Waals surface area contributed by atoms with E-state index < -0.39 is 16.1 Å². The standard InChI is InChI=1S/C21H28N2O5S/c1-5-20(21(24)22-15-16-7-11-18(12-8-16)27-6-2)28-19-13-9-17(10-14-19)23(3)29(4,25)26/h7-14,20H,5-6,15H2,1-4H3,(H,22,24). The molecule has 1 unspecified atom stereocenters. The summed E-state index contributed by atoms with van der Waals surface area (Å²) in [5.74, 6) is 1.08. The number of hydrogen-bond acceptors (Lipinski definition) is 5. The number of benzene rings is 2.